The van der Waals surface area contributed by atoms with Gasteiger partial charge in [-0.3, -0.25) is 9.88 Å². The maximum atomic E-state index is 5.84. The van der Waals surface area contributed by atoms with Crippen molar-refractivity contribution in [1.82, 2.24) is 9.66 Å². The fourth-order valence-corrected chi connectivity index (χ4v) is 8.38. The number of amidine groups is 1. The Morgan fingerprint density at radius 2 is 1.14 bits per heavy atom. The zero-order chi connectivity index (χ0) is 36.1. The monoisotopic (exact) mass is 674 g/mol. The summed E-state index contributed by atoms with van der Waals surface area (Å²) < 4.78 is 2.22. The van der Waals surface area contributed by atoms with Gasteiger partial charge in [-0.1, -0.05) is 115 Å². The van der Waals surface area contributed by atoms with Crippen LogP contribution in [-0.4, -0.2) is 15.5 Å². The van der Waals surface area contributed by atoms with Crippen molar-refractivity contribution in [3.8, 4) is 0 Å². The SMILES string of the molecule is Cc1ccc2c(c1)c1cc(C)ccc1n2N=C1C(CCc2c(C(C)C)cccc2C(C)C)c2ncccc2N1c1c(C(C)C)cccc1C(C)C. The zero-order valence-corrected chi connectivity index (χ0v) is 32.3. The topological polar surface area (TPSA) is 33.4 Å². The number of fused-ring (bicyclic) bond motifs is 4. The second-order valence-electron chi connectivity index (χ2n) is 16.0. The lowest BCUT2D eigenvalue weighted by molar-refractivity contribution is 0.716. The summed E-state index contributed by atoms with van der Waals surface area (Å²) in [5.41, 5.74) is 15.4. The van der Waals surface area contributed by atoms with Crippen molar-refractivity contribution in [3.63, 3.8) is 0 Å². The number of benzene rings is 4. The number of hydrogen-bond acceptors (Lipinski definition) is 2. The van der Waals surface area contributed by atoms with E-state index in [1.807, 2.05) is 6.20 Å². The summed E-state index contributed by atoms with van der Waals surface area (Å²) in [6.45, 7) is 22.9. The molecular weight excluding hydrogens is 621 g/mol. The van der Waals surface area contributed by atoms with E-state index in [0.29, 0.717) is 23.7 Å². The Morgan fingerprint density at radius 1 is 0.627 bits per heavy atom. The first-order chi connectivity index (χ1) is 24.5. The first-order valence-corrected chi connectivity index (χ1v) is 19.1. The second kappa shape index (κ2) is 13.8. The number of aromatic nitrogens is 2. The van der Waals surface area contributed by atoms with Crippen LogP contribution in [0.25, 0.3) is 21.8 Å². The summed E-state index contributed by atoms with van der Waals surface area (Å²) >= 11 is 0. The lowest BCUT2D eigenvalue weighted by Crippen LogP contribution is -2.28. The Kier molecular flexibility index (Phi) is 9.39. The fraction of sp³-hybridized carbons (Fsp3) is 0.362. The molecule has 0 saturated heterocycles. The molecule has 0 bridgehead atoms. The van der Waals surface area contributed by atoms with Crippen LogP contribution in [0.5, 0.6) is 0 Å². The Labute approximate surface area is 305 Å². The van der Waals surface area contributed by atoms with Crippen molar-refractivity contribution in [2.45, 2.75) is 112 Å². The number of rotatable bonds is 9. The summed E-state index contributed by atoms with van der Waals surface area (Å²) in [5.74, 6) is 2.63. The van der Waals surface area contributed by atoms with Gasteiger partial charge in [-0.2, -0.15) is 5.10 Å². The van der Waals surface area contributed by atoms with Gasteiger partial charge in [0.2, 0.25) is 0 Å². The molecule has 0 N–H and O–H groups in total. The quantitative estimate of drug-likeness (QED) is 0.153. The van der Waals surface area contributed by atoms with E-state index in [9.17, 15) is 0 Å². The summed E-state index contributed by atoms with van der Waals surface area (Å²) in [6.07, 6.45) is 3.85. The second-order valence-corrected chi connectivity index (χ2v) is 16.0. The maximum absolute atomic E-state index is 5.84. The van der Waals surface area contributed by atoms with E-state index in [2.05, 4.69) is 164 Å². The minimum absolute atomic E-state index is 0.00468. The average molecular weight is 675 g/mol. The Hall–Kier alpha value is -4.70. The van der Waals surface area contributed by atoms with Gasteiger partial charge in [0.1, 0.15) is 5.84 Å². The van der Waals surface area contributed by atoms with Crippen LogP contribution in [0.3, 0.4) is 0 Å². The number of aryl methyl sites for hydroxylation is 2. The van der Waals surface area contributed by atoms with Crippen LogP contribution in [0.2, 0.25) is 0 Å². The average Bonchev–Trinajstić information content (AvgIpc) is 3.57. The van der Waals surface area contributed by atoms with Gasteiger partial charge in [0.05, 0.1) is 34.0 Å². The smallest absolute Gasteiger partial charge is 0.144 e. The highest BCUT2D eigenvalue weighted by atomic mass is 15.4. The molecule has 4 aromatic carbocycles. The van der Waals surface area contributed by atoms with Crippen molar-refractivity contribution in [2.24, 2.45) is 5.10 Å². The van der Waals surface area contributed by atoms with Crippen LogP contribution < -0.4 is 4.90 Å². The standard InChI is InChI=1S/C47H54N4/c1-28(2)34-14-11-15-35(29(3)4)38(34)21-22-39-45-44(18-13-25-48-45)50(46-36(30(5)6)16-12-17-37(46)31(7)8)47(39)49-51-42-23-19-32(9)26-40(42)41-27-33(10)20-24-43(41)51/h11-20,23-31,39H,21-22H2,1-10H3. The molecule has 0 aliphatic carbocycles. The fourth-order valence-electron chi connectivity index (χ4n) is 8.38. The molecule has 0 fully saturated rings. The molecule has 1 aliphatic heterocycles. The molecule has 262 valence electrons. The highest BCUT2D eigenvalue weighted by Gasteiger charge is 2.40. The maximum Gasteiger partial charge on any atom is 0.144 e. The lowest BCUT2D eigenvalue weighted by Gasteiger charge is -2.30. The normalized spacial score (nSPS) is 15.5. The Bertz CT molecular complexity index is 2150. The summed E-state index contributed by atoms with van der Waals surface area (Å²) in [5, 5.41) is 8.32. The van der Waals surface area contributed by atoms with Gasteiger partial charge in [0.25, 0.3) is 0 Å². The van der Waals surface area contributed by atoms with Crippen molar-refractivity contribution in [2.75, 3.05) is 4.90 Å². The van der Waals surface area contributed by atoms with E-state index in [4.69, 9.17) is 10.1 Å². The predicted octanol–water partition coefficient (Wildman–Crippen LogP) is 13.0. The van der Waals surface area contributed by atoms with Crippen molar-refractivity contribution >= 4 is 39.0 Å². The molecule has 0 spiro atoms. The minimum Gasteiger partial charge on any atom is -0.294 e. The Balaban J connectivity index is 1.52. The molecule has 0 amide bonds. The Morgan fingerprint density at radius 3 is 1.65 bits per heavy atom. The molecule has 6 aromatic rings. The van der Waals surface area contributed by atoms with Crippen molar-refractivity contribution in [1.29, 1.82) is 0 Å². The third-order valence-corrected chi connectivity index (χ3v) is 10.9. The number of hydrogen-bond donors (Lipinski definition) is 0. The van der Waals surface area contributed by atoms with Gasteiger partial charge in [-0.25, -0.2) is 4.68 Å². The van der Waals surface area contributed by atoms with Crippen LogP contribution in [0.1, 0.15) is 136 Å². The molecule has 7 rings (SSSR count). The van der Waals surface area contributed by atoms with Gasteiger partial charge in [0.15, 0.2) is 0 Å². The molecule has 0 saturated carbocycles. The van der Waals surface area contributed by atoms with Crippen molar-refractivity contribution in [3.05, 3.63) is 136 Å². The van der Waals surface area contributed by atoms with E-state index >= 15 is 0 Å². The van der Waals surface area contributed by atoms with Crippen molar-refractivity contribution < 1.29 is 0 Å². The third-order valence-electron chi connectivity index (χ3n) is 10.9. The largest absolute Gasteiger partial charge is 0.294 e. The van der Waals surface area contributed by atoms with Crippen LogP contribution in [-0.2, 0) is 6.42 Å². The first kappa shape index (κ1) is 34.7. The van der Waals surface area contributed by atoms with Gasteiger partial charge < -0.3 is 0 Å². The first-order valence-electron chi connectivity index (χ1n) is 19.1. The van der Waals surface area contributed by atoms with Crippen LogP contribution in [0, 0.1) is 13.8 Å². The van der Waals surface area contributed by atoms with E-state index in [1.165, 1.54) is 55.4 Å². The van der Waals surface area contributed by atoms with Gasteiger partial charge in [-0.15, -0.1) is 0 Å². The molecule has 3 heterocycles. The summed E-state index contributed by atoms with van der Waals surface area (Å²) in [4.78, 5) is 7.68. The van der Waals surface area contributed by atoms with Gasteiger partial charge >= 0.3 is 0 Å². The molecule has 1 aliphatic rings. The molecule has 1 atom stereocenters. The molecule has 51 heavy (non-hydrogen) atoms. The van der Waals surface area contributed by atoms with Crippen LogP contribution in [0.4, 0.5) is 11.4 Å². The van der Waals surface area contributed by atoms with Crippen LogP contribution in [0.15, 0.2) is 96.2 Å². The highest BCUT2D eigenvalue weighted by Crippen LogP contribution is 2.49. The summed E-state index contributed by atoms with van der Waals surface area (Å²) in [7, 11) is 0. The van der Waals surface area contributed by atoms with E-state index in [1.54, 1.807) is 0 Å². The van der Waals surface area contributed by atoms with E-state index in [-0.39, 0.29) is 5.92 Å². The zero-order valence-electron chi connectivity index (χ0n) is 32.3. The number of pyridine rings is 1. The van der Waals surface area contributed by atoms with Gasteiger partial charge in [0, 0.05) is 17.0 Å². The number of para-hydroxylation sites is 1. The highest BCUT2D eigenvalue weighted by molar-refractivity contribution is 6.15. The number of anilines is 2. The van der Waals surface area contributed by atoms with E-state index in [0.717, 1.165) is 41.1 Å². The molecule has 0 radical (unpaired) electrons. The summed E-state index contributed by atoms with van der Waals surface area (Å²) in [6, 6.07) is 31.7. The molecular formula is C47H54N4. The predicted molar refractivity (Wildman–Crippen MR) is 218 cm³/mol. The number of nitrogens with zero attached hydrogens (tertiary/aromatic N) is 4. The third kappa shape index (κ3) is 6.17. The lowest BCUT2D eigenvalue weighted by atomic mass is 9.84. The molecule has 2 aromatic heterocycles. The molecule has 4 heteroatoms. The van der Waals surface area contributed by atoms with Gasteiger partial charge in [-0.05, 0) is 115 Å². The molecule has 1 unspecified atom stereocenters. The van der Waals surface area contributed by atoms with Crippen LogP contribution >= 0.6 is 0 Å². The minimum atomic E-state index is 0.00468. The molecule has 4 nitrogen and oxygen atoms in total. The van der Waals surface area contributed by atoms with E-state index < -0.39 is 0 Å².